The molecule has 4 heteroatoms. The largest absolute Gasteiger partial charge is 0.497 e. The average Bonchev–Trinajstić information content (AvgIpc) is 2.56. The smallest absolute Gasteiger partial charge is 0.119 e. The molecule has 0 bridgehead atoms. The van der Waals surface area contributed by atoms with E-state index in [2.05, 4.69) is 37.2 Å². The second kappa shape index (κ2) is 6.35. The molecule has 0 aliphatic heterocycles. The van der Waals surface area contributed by atoms with E-state index >= 15 is 0 Å². The minimum atomic E-state index is -0.212. The highest BCUT2D eigenvalue weighted by atomic mass is 35.5. The van der Waals surface area contributed by atoms with Crippen molar-refractivity contribution in [1.29, 1.82) is 0 Å². The van der Waals surface area contributed by atoms with Crippen LogP contribution >= 0.6 is 23.2 Å². The van der Waals surface area contributed by atoms with Gasteiger partial charge in [-0.15, -0.1) is 0 Å². The van der Waals surface area contributed by atoms with Crippen molar-refractivity contribution in [3.05, 3.63) is 63.1 Å². The van der Waals surface area contributed by atoms with Gasteiger partial charge in [0.25, 0.3) is 0 Å². The van der Waals surface area contributed by atoms with Gasteiger partial charge in [0.2, 0.25) is 0 Å². The van der Waals surface area contributed by atoms with Crippen molar-refractivity contribution in [3.63, 3.8) is 0 Å². The van der Waals surface area contributed by atoms with Crippen LogP contribution in [0.1, 0.15) is 29.5 Å². The molecule has 0 saturated heterocycles. The van der Waals surface area contributed by atoms with Crippen molar-refractivity contribution >= 4 is 23.2 Å². The first kappa shape index (κ1) is 16.6. The zero-order valence-corrected chi connectivity index (χ0v) is 15.2. The third-order valence-electron chi connectivity index (χ3n) is 4.91. The van der Waals surface area contributed by atoms with E-state index in [-0.39, 0.29) is 5.54 Å². The Bertz CT molecular complexity index is 729. The predicted molar refractivity (Wildman–Crippen MR) is 96.9 cm³/mol. The van der Waals surface area contributed by atoms with Gasteiger partial charge in [0.05, 0.1) is 22.7 Å². The summed E-state index contributed by atoms with van der Waals surface area (Å²) in [5, 5.41) is 1.19. The molecule has 0 amide bonds. The van der Waals surface area contributed by atoms with E-state index in [1.54, 1.807) is 7.11 Å². The molecule has 2 aromatic carbocycles. The van der Waals surface area contributed by atoms with Gasteiger partial charge in [0.1, 0.15) is 5.75 Å². The number of hydrogen-bond donors (Lipinski definition) is 0. The number of aryl methyl sites for hydroxylation is 1. The van der Waals surface area contributed by atoms with Crippen LogP contribution in [0, 0.1) is 0 Å². The van der Waals surface area contributed by atoms with Crippen LogP contribution in [0.2, 0.25) is 10.0 Å². The topological polar surface area (TPSA) is 12.5 Å². The van der Waals surface area contributed by atoms with Gasteiger partial charge < -0.3 is 4.74 Å². The van der Waals surface area contributed by atoms with Gasteiger partial charge in [0.15, 0.2) is 0 Å². The highest BCUT2D eigenvalue weighted by Crippen LogP contribution is 2.46. The number of benzene rings is 2. The summed E-state index contributed by atoms with van der Waals surface area (Å²) >= 11 is 12.4. The summed E-state index contributed by atoms with van der Waals surface area (Å²) < 4.78 is 5.47. The molecule has 23 heavy (non-hydrogen) atoms. The van der Waals surface area contributed by atoms with E-state index in [4.69, 9.17) is 27.9 Å². The lowest BCUT2D eigenvalue weighted by atomic mass is 9.71. The standard InChI is InChI=1S/C19H21Cl2NO/c1-22(2)19(14-7-9-17(20)18(21)11-14)10-4-5-13-6-8-15(23-3)12-16(13)19/h6-9,11-12H,4-5,10H2,1-3H3. The Kier molecular flexibility index (Phi) is 4.59. The van der Waals surface area contributed by atoms with E-state index < -0.39 is 0 Å². The lowest BCUT2D eigenvalue weighted by molar-refractivity contribution is 0.171. The molecular weight excluding hydrogens is 329 g/mol. The number of hydrogen-bond acceptors (Lipinski definition) is 2. The molecule has 1 unspecified atom stereocenters. The second-order valence-corrected chi connectivity index (χ2v) is 7.07. The van der Waals surface area contributed by atoms with Crippen molar-refractivity contribution in [3.8, 4) is 5.75 Å². The SMILES string of the molecule is COc1ccc2c(c1)C(c1ccc(Cl)c(Cl)c1)(N(C)C)CCC2. The van der Waals surface area contributed by atoms with Gasteiger partial charge >= 0.3 is 0 Å². The first-order valence-corrected chi connectivity index (χ1v) is 8.55. The number of methoxy groups -OCH3 is 1. The van der Waals surface area contributed by atoms with Crippen LogP contribution in [0.15, 0.2) is 36.4 Å². The van der Waals surface area contributed by atoms with Crippen molar-refractivity contribution in [1.82, 2.24) is 4.90 Å². The molecule has 1 aliphatic carbocycles. The van der Waals surface area contributed by atoms with Crippen LogP contribution in [-0.2, 0) is 12.0 Å². The first-order chi connectivity index (χ1) is 11.0. The minimum absolute atomic E-state index is 0.212. The molecule has 0 fully saturated rings. The molecule has 2 aromatic rings. The molecule has 3 rings (SSSR count). The highest BCUT2D eigenvalue weighted by Gasteiger charge is 2.40. The van der Waals surface area contributed by atoms with Crippen LogP contribution in [0.4, 0.5) is 0 Å². The van der Waals surface area contributed by atoms with Gasteiger partial charge in [0, 0.05) is 0 Å². The second-order valence-electron chi connectivity index (χ2n) is 6.26. The molecule has 0 aromatic heterocycles. The molecule has 1 aliphatic rings. The Hall–Kier alpha value is -1.22. The number of nitrogens with zero attached hydrogens (tertiary/aromatic N) is 1. The molecule has 0 N–H and O–H groups in total. The fourth-order valence-corrected chi connectivity index (χ4v) is 4.03. The summed E-state index contributed by atoms with van der Waals surface area (Å²) in [5.41, 5.74) is 3.63. The molecule has 0 saturated carbocycles. The van der Waals surface area contributed by atoms with Gasteiger partial charge in [-0.05, 0) is 74.3 Å². The van der Waals surface area contributed by atoms with E-state index in [0.29, 0.717) is 10.0 Å². The van der Waals surface area contributed by atoms with E-state index in [0.717, 1.165) is 25.0 Å². The molecule has 0 spiro atoms. The van der Waals surface area contributed by atoms with Crippen LogP contribution in [0.3, 0.4) is 0 Å². The molecule has 2 nitrogen and oxygen atoms in total. The summed E-state index contributed by atoms with van der Waals surface area (Å²) in [6, 6.07) is 12.4. The van der Waals surface area contributed by atoms with Crippen molar-refractivity contribution < 1.29 is 4.74 Å². The Balaban J connectivity index is 2.26. The summed E-state index contributed by atoms with van der Waals surface area (Å²) in [7, 11) is 5.95. The maximum Gasteiger partial charge on any atom is 0.119 e. The lowest BCUT2D eigenvalue weighted by Gasteiger charge is -2.45. The summed E-state index contributed by atoms with van der Waals surface area (Å²) in [4.78, 5) is 2.28. The minimum Gasteiger partial charge on any atom is -0.497 e. The maximum atomic E-state index is 6.31. The van der Waals surface area contributed by atoms with Crippen molar-refractivity contribution in [2.75, 3.05) is 21.2 Å². The van der Waals surface area contributed by atoms with Gasteiger partial charge in [-0.3, -0.25) is 4.90 Å². The summed E-state index contributed by atoms with van der Waals surface area (Å²) in [6.07, 6.45) is 3.27. The van der Waals surface area contributed by atoms with E-state index in [9.17, 15) is 0 Å². The molecule has 1 atom stereocenters. The fraction of sp³-hybridized carbons (Fsp3) is 0.368. The molecule has 0 radical (unpaired) electrons. The van der Waals surface area contributed by atoms with Gasteiger partial charge in [-0.25, -0.2) is 0 Å². The first-order valence-electron chi connectivity index (χ1n) is 7.79. The molecule has 122 valence electrons. The maximum absolute atomic E-state index is 6.31. The Morgan fingerprint density at radius 2 is 1.83 bits per heavy atom. The van der Waals surface area contributed by atoms with Crippen LogP contribution < -0.4 is 4.74 Å². The summed E-state index contributed by atoms with van der Waals surface area (Å²) in [5.74, 6) is 0.886. The number of halogens is 2. The molecular formula is C19H21Cl2NO. The Morgan fingerprint density at radius 1 is 1.04 bits per heavy atom. The normalized spacial score (nSPS) is 20.4. The lowest BCUT2D eigenvalue weighted by Crippen LogP contribution is -2.45. The zero-order valence-electron chi connectivity index (χ0n) is 13.7. The van der Waals surface area contributed by atoms with E-state index in [1.165, 1.54) is 16.7 Å². The van der Waals surface area contributed by atoms with E-state index in [1.807, 2.05) is 18.2 Å². The van der Waals surface area contributed by atoms with Crippen LogP contribution in [-0.4, -0.2) is 26.1 Å². The van der Waals surface area contributed by atoms with Crippen molar-refractivity contribution in [2.24, 2.45) is 0 Å². The number of fused-ring (bicyclic) bond motifs is 1. The van der Waals surface area contributed by atoms with Crippen LogP contribution in [0.25, 0.3) is 0 Å². The zero-order chi connectivity index (χ0) is 16.6. The third-order valence-corrected chi connectivity index (χ3v) is 5.65. The average molecular weight is 350 g/mol. The van der Waals surface area contributed by atoms with Crippen LogP contribution in [0.5, 0.6) is 5.75 Å². The molecule has 0 heterocycles. The Labute approximate surface area is 148 Å². The van der Waals surface area contributed by atoms with Crippen molar-refractivity contribution in [2.45, 2.75) is 24.8 Å². The summed E-state index contributed by atoms with van der Waals surface area (Å²) in [6.45, 7) is 0. The number of rotatable bonds is 3. The highest BCUT2D eigenvalue weighted by molar-refractivity contribution is 6.42. The number of ether oxygens (including phenoxy) is 1. The Morgan fingerprint density at radius 3 is 2.48 bits per heavy atom. The van der Waals surface area contributed by atoms with Gasteiger partial charge in [-0.2, -0.15) is 0 Å². The fourth-order valence-electron chi connectivity index (χ4n) is 3.73. The monoisotopic (exact) mass is 349 g/mol. The predicted octanol–water partition coefficient (Wildman–Crippen LogP) is 5.14. The van der Waals surface area contributed by atoms with Gasteiger partial charge in [-0.1, -0.05) is 35.3 Å². The quantitative estimate of drug-likeness (QED) is 0.760. The third kappa shape index (κ3) is 2.73.